The molecule has 1 saturated heterocycles. The van der Waals surface area contributed by atoms with E-state index in [0.29, 0.717) is 0 Å². The predicted octanol–water partition coefficient (Wildman–Crippen LogP) is 4.09. The maximum absolute atomic E-state index is 13.2. The van der Waals surface area contributed by atoms with E-state index in [9.17, 15) is 4.79 Å². The third kappa shape index (κ3) is 1.79. The van der Waals surface area contributed by atoms with Crippen molar-refractivity contribution in [3.8, 4) is 5.75 Å². The van der Waals surface area contributed by atoms with Crippen LogP contribution in [0.1, 0.15) is 52.8 Å². The monoisotopic (exact) mass is 305 g/mol. The second-order valence-corrected chi connectivity index (χ2v) is 6.71. The number of para-hydroxylation sites is 1. The standard InChI is InChI=1S/C20H19NO2/c22-19-17-14(8-6-9-15(17)21-11-4-1-5-12-21)20-18(19)13-7-2-3-10-16(13)23-20/h2-3,6-10,18,20H,1,4-5,11-12H2. The summed E-state index contributed by atoms with van der Waals surface area (Å²) in [5.74, 6) is 0.938. The highest BCUT2D eigenvalue weighted by Gasteiger charge is 2.49. The van der Waals surface area contributed by atoms with E-state index in [2.05, 4.69) is 23.1 Å². The molecule has 0 amide bonds. The van der Waals surface area contributed by atoms with Crippen LogP contribution in [-0.2, 0) is 0 Å². The number of rotatable bonds is 1. The molecule has 2 atom stereocenters. The minimum Gasteiger partial charge on any atom is -0.484 e. The fourth-order valence-electron chi connectivity index (χ4n) is 4.35. The van der Waals surface area contributed by atoms with Crippen molar-refractivity contribution in [1.29, 1.82) is 0 Å². The molecule has 23 heavy (non-hydrogen) atoms. The smallest absolute Gasteiger partial charge is 0.177 e. The summed E-state index contributed by atoms with van der Waals surface area (Å²) in [5.41, 5.74) is 4.13. The van der Waals surface area contributed by atoms with Crippen molar-refractivity contribution >= 4 is 11.5 Å². The van der Waals surface area contributed by atoms with Gasteiger partial charge in [-0.25, -0.2) is 0 Å². The number of nitrogens with zero attached hydrogens (tertiary/aromatic N) is 1. The molecule has 2 aromatic carbocycles. The first-order valence-electron chi connectivity index (χ1n) is 8.52. The van der Waals surface area contributed by atoms with Crippen LogP contribution in [0.4, 0.5) is 5.69 Å². The van der Waals surface area contributed by atoms with E-state index in [1.807, 2.05) is 24.3 Å². The molecule has 5 rings (SSSR count). The number of piperidine rings is 1. The van der Waals surface area contributed by atoms with Gasteiger partial charge in [0.1, 0.15) is 11.9 Å². The molecular weight excluding hydrogens is 286 g/mol. The minimum atomic E-state index is -0.160. The average Bonchev–Trinajstić information content (AvgIpc) is 3.12. The normalized spacial score (nSPS) is 24.9. The Bertz CT molecular complexity index is 792. The van der Waals surface area contributed by atoms with Crippen molar-refractivity contribution in [2.45, 2.75) is 31.3 Å². The van der Waals surface area contributed by atoms with Crippen LogP contribution < -0.4 is 9.64 Å². The molecule has 0 aromatic heterocycles. The van der Waals surface area contributed by atoms with Gasteiger partial charge in [0.2, 0.25) is 0 Å². The molecule has 2 aliphatic heterocycles. The number of benzene rings is 2. The zero-order valence-electron chi connectivity index (χ0n) is 13.0. The number of carbonyl (C=O) groups is 1. The van der Waals surface area contributed by atoms with E-state index in [-0.39, 0.29) is 17.8 Å². The molecule has 2 unspecified atom stereocenters. The number of Topliss-reactive ketones (excluding diaryl/α,β-unsaturated/α-hetero) is 1. The van der Waals surface area contributed by atoms with Crippen molar-refractivity contribution < 1.29 is 9.53 Å². The van der Waals surface area contributed by atoms with Crippen LogP contribution in [0.25, 0.3) is 0 Å². The summed E-state index contributed by atoms with van der Waals surface area (Å²) in [4.78, 5) is 15.6. The predicted molar refractivity (Wildman–Crippen MR) is 89.4 cm³/mol. The van der Waals surface area contributed by atoms with Gasteiger partial charge in [0.05, 0.1) is 5.92 Å². The first kappa shape index (κ1) is 13.2. The summed E-state index contributed by atoms with van der Waals surface area (Å²) < 4.78 is 6.13. The fourth-order valence-corrected chi connectivity index (χ4v) is 4.35. The summed E-state index contributed by atoms with van der Waals surface area (Å²) in [6.45, 7) is 2.10. The Morgan fingerprint density at radius 1 is 0.913 bits per heavy atom. The molecule has 0 bridgehead atoms. The lowest BCUT2D eigenvalue weighted by Crippen LogP contribution is -2.30. The summed E-state index contributed by atoms with van der Waals surface area (Å²) in [5, 5.41) is 0. The highest BCUT2D eigenvalue weighted by Crippen LogP contribution is 2.54. The molecule has 0 N–H and O–H groups in total. The number of ketones is 1. The molecule has 3 nitrogen and oxygen atoms in total. The molecule has 2 aromatic rings. The van der Waals surface area contributed by atoms with E-state index >= 15 is 0 Å². The largest absolute Gasteiger partial charge is 0.484 e. The second-order valence-electron chi connectivity index (χ2n) is 6.71. The highest BCUT2D eigenvalue weighted by molar-refractivity contribution is 6.11. The highest BCUT2D eigenvalue weighted by atomic mass is 16.5. The lowest BCUT2D eigenvalue weighted by atomic mass is 9.95. The van der Waals surface area contributed by atoms with E-state index in [0.717, 1.165) is 41.2 Å². The van der Waals surface area contributed by atoms with Gasteiger partial charge in [0, 0.05) is 35.5 Å². The van der Waals surface area contributed by atoms with Gasteiger partial charge in [-0.2, -0.15) is 0 Å². The van der Waals surface area contributed by atoms with Crippen molar-refractivity contribution in [1.82, 2.24) is 0 Å². The number of hydrogen-bond donors (Lipinski definition) is 0. The molecule has 0 saturated carbocycles. The van der Waals surface area contributed by atoms with Gasteiger partial charge < -0.3 is 9.64 Å². The maximum atomic E-state index is 13.2. The molecule has 2 heterocycles. The summed E-state index contributed by atoms with van der Waals surface area (Å²) in [6.07, 6.45) is 3.58. The minimum absolute atomic E-state index is 0.139. The van der Waals surface area contributed by atoms with Crippen molar-refractivity contribution in [2.75, 3.05) is 18.0 Å². The van der Waals surface area contributed by atoms with Crippen LogP contribution in [0, 0.1) is 0 Å². The number of hydrogen-bond acceptors (Lipinski definition) is 3. The van der Waals surface area contributed by atoms with Crippen LogP contribution in [0.2, 0.25) is 0 Å². The van der Waals surface area contributed by atoms with Crippen LogP contribution in [-0.4, -0.2) is 18.9 Å². The van der Waals surface area contributed by atoms with Crippen LogP contribution in [0.3, 0.4) is 0 Å². The molecule has 1 fully saturated rings. The summed E-state index contributed by atoms with van der Waals surface area (Å²) in [6, 6.07) is 14.2. The number of carbonyl (C=O) groups excluding carboxylic acids is 1. The summed E-state index contributed by atoms with van der Waals surface area (Å²) >= 11 is 0. The summed E-state index contributed by atoms with van der Waals surface area (Å²) in [7, 11) is 0. The molecule has 1 aliphatic carbocycles. The van der Waals surface area contributed by atoms with E-state index in [4.69, 9.17) is 4.74 Å². The molecule has 0 spiro atoms. The van der Waals surface area contributed by atoms with Crippen molar-refractivity contribution in [3.63, 3.8) is 0 Å². The van der Waals surface area contributed by atoms with Gasteiger partial charge in [-0.15, -0.1) is 0 Å². The van der Waals surface area contributed by atoms with Crippen molar-refractivity contribution in [2.24, 2.45) is 0 Å². The zero-order valence-corrected chi connectivity index (χ0v) is 13.0. The molecule has 3 heteroatoms. The second kappa shape index (κ2) is 4.85. The van der Waals surface area contributed by atoms with Gasteiger partial charge in [-0.3, -0.25) is 4.79 Å². The quantitative estimate of drug-likeness (QED) is 0.794. The maximum Gasteiger partial charge on any atom is 0.177 e. The van der Waals surface area contributed by atoms with Gasteiger partial charge in [0.15, 0.2) is 5.78 Å². The number of fused-ring (bicyclic) bond motifs is 5. The van der Waals surface area contributed by atoms with E-state index in [1.165, 1.54) is 19.3 Å². The zero-order chi connectivity index (χ0) is 15.4. The SMILES string of the molecule is O=C1c2c(cccc2N2CCCCC2)C2Oc3ccccc3C12. The lowest BCUT2D eigenvalue weighted by Gasteiger charge is -2.30. The van der Waals surface area contributed by atoms with Crippen molar-refractivity contribution in [3.05, 3.63) is 59.2 Å². The molecule has 3 aliphatic rings. The lowest BCUT2D eigenvalue weighted by molar-refractivity contribution is 0.0935. The van der Waals surface area contributed by atoms with Gasteiger partial charge >= 0.3 is 0 Å². The first-order valence-corrected chi connectivity index (χ1v) is 8.52. The Morgan fingerprint density at radius 2 is 1.70 bits per heavy atom. The molecular formula is C20H19NO2. The topological polar surface area (TPSA) is 29.5 Å². The Balaban J connectivity index is 1.62. The van der Waals surface area contributed by atoms with Gasteiger partial charge in [-0.1, -0.05) is 30.3 Å². The van der Waals surface area contributed by atoms with Crippen LogP contribution in [0.5, 0.6) is 5.75 Å². The Hall–Kier alpha value is -2.29. The fraction of sp³-hybridized carbons (Fsp3) is 0.350. The Morgan fingerprint density at radius 3 is 2.57 bits per heavy atom. The first-order chi connectivity index (χ1) is 11.3. The molecule has 116 valence electrons. The Labute approximate surface area is 135 Å². The third-order valence-electron chi connectivity index (χ3n) is 5.42. The number of ether oxygens (including phenoxy) is 1. The van der Waals surface area contributed by atoms with Crippen LogP contribution in [0.15, 0.2) is 42.5 Å². The van der Waals surface area contributed by atoms with E-state index in [1.54, 1.807) is 0 Å². The van der Waals surface area contributed by atoms with Gasteiger partial charge in [-0.05, 0) is 31.4 Å². The molecule has 0 radical (unpaired) electrons. The van der Waals surface area contributed by atoms with E-state index < -0.39 is 0 Å². The van der Waals surface area contributed by atoms with Gasteiger partial charge in [0.25, 0.3) is 0 Å². The number of anilines is 1. The third-order valence-corrected chi connectivity index (χ3v) is 5.42. The average molecular weight is 305 g/mol. The van der Waals surface area contributed by atoms with Crippen LogP contribution >= 0.6 is 0 Å². The Kier molecular flexibility index (Phi) is 2.78.